The smallest absolute Gasteiger partial charge is 0.0900 e. The van der Waals surface area contributed by atoms with Gasteiger partial charge < -0.3 is 14.7 Å². The van der Waals surface area contributed by atoms with Gasteiger partial charge in [0.25, 0.3) is 0 Å². The van der Waals surface area contributed by atoms with Crippen LogP contribution in [0.15, 0.2) is 0 Å². The maximum absolute atomic E-state index is 10.0. The second-order valence-electron chi connectivity index (χ2n) is 6.94. The summed E-state index contributed by atoms with van der Waals surface area (Å²) in [4.78, 5) is 2.44. The van der Waals surface area contributed by atoms with Gasteiger partial charge in [-0.15, -0.1) is 0 Å². The Bertz CT molecular complexity index is 254. The number of hydrogen-bond donors (Lipinski definition) is 1. The standard InChI is InChI=1S/C17H33NO2/c1-2-3-13-20-15-16(19)14-18-11-9-17(10-12-18)7-5-4-6-8-17/h16,19H,2-15H2,1H3. The summed E-state index contributed by atoms with van der Waals surface area (Å²) in [6, 6.07) is 0. The van der Waals surface area contributed by atoms with Crippen LogP contribution in [0.3, 0.4) is 0 Å². The highest BCUT2D eigenvalue weighted by molar-refractivity contribution is 4.88. The number of ether oxygens (including phenoxy) is 1. The fourth-order valence-corrected chi connectivity index (χ4v) is 3.83. The molecule has 1 saturated heterocycles. The highest BCUT2D eigenvalue weighted by atomic mass is 16.5. The summed E-state index contributed by atoms with van der Waals surface area (Å²) in [6.07, 6.45) is 11.8. The second-order valence-corrected chi connectivity index (χ2v) is 6.94. The Balaban J connectivity index is 1.61. The van der Waals surface area contributed by atoms with Crippen molar-refractivity contribution in [2.24, 2.45) is 5.41 Å². The third-order valence-corrected chi connectivity index (χ3v) is 5.25. The van der Waals surface area contributed by atoms with Gasteiger partial charge in [0.05, 0.1) is 12.7 Å². The Hall–Kier alpha value is -0.120. The Kier molecular flexibility index (Phi) is 6.79. The summed E-state index contributed by atoms with van der Waals surface area (Å²) >= 11 is 0. The molecule has 1 aliphatic carbocycles. The maximum atomic E-state index is 10.0. The van der Waals surface area contributed by atoms with Crippen LogP contribution in [-0.2, 0) is 4.74 Å². The predicted octanol–water partition coefficient (Wildman–Crippen LogP) is 3.21. The van der Waals surface area contributed by atoms with Gasteiger partial charge >= 0.3 is 0 Å². The molecule has 2 aliphatic rings. The average Bonchev–Trinajstić information content (AvgIpc) is 2.47. The predicted molar refractivity (Wildman–Crippen MR) is 82.9 cm³/mol. The highest BCUT2D eigenvalue weighted by Gasteiger charge is 2.35. The minimum atomic E-state index is -0.313. The summed E-state index contributed by atoms with van der Waals surface area (Å²) in [7, 11) is 0. The van der Waals surface area contributed by atoms with E-state index in [0.29, 0.717) is 12.0 Å². The van der Waals surface area contributed by atoms with Crippen molar-refractivity contribution in [3.8, 4) is 0 Å². The quantitative estimate of drug-likeness (QED) is 0.728. The summed E-state index contributed by atoms with van der Waals surface area (Å²) in [5.41, 5.74) is 0.664. The van der Waals surface area contributed by atoms with Crippen LogP contribution in [0.2, 0.25) is 0 Å². The third kappa shape index (κ3) is 5.01. The highest BCUT2D eigenvalue weighted by Crippen LogP contribution is 2.44. The van der Waals surface area contributed by atoms with Gasteiger partial charge in [0.15, 0.2) is 0 Å². The molecule has 0 aromatic heterocycles. The molecule has 20 heavy (non-hydrogen) atoms. The minimum absolute atomic E-state index is 0.313. The molecule has 0 aromatic carbocycles. The van der Waals surface area contributed by atoms with E-state index in [1.807, 2.05) is 0 Å². The van der Waals surface area contributed by atoms with Crippen LogP contribution in [0, 0.1) is 5.41 Å². The van der Waals surface area contributed by atoms with E-state index < -0.39 is 0 Å². The van der Waals surface area contributed by atoms with Crippen molar-refractivity contribution in [2.45, 2.75) is 70.8 Å². The molecule has 1 unspecified atom stereocenters. The summed E-state index contributed by atoms with van der Waals surface area (Å²) in [5.74, 6) is 0. The van der Waals surface area contributed by atoms with Crippen LogP contribution in [0.4, 0.5) is 0 Å². The lowest BCUT2D eigenvalue weighted by molar-refractivity contribution is -0.00326. The lowest BCUT2D eigenvalue weighted by Crippen LogP contribution is -2.44. The summed E-state index contributed by atoms with van der Waals surface area (Å²) < 4.78 is 5.51. The molecule has 1 atom stereocenters. The zero-order valence-electron chi connectivity index (χ0n) is 13.3. The maximum Gasteiger partial charge on any atom is 0.0900 e. The molecule has 3 heteroatoms. The van der Waals surface area contributed by atoms with E-state index in [-0.39, 0.29) is 6.10 Å². The first-order chi connectivity index (χ1) is 9.74. The number of aliphatic hydroxyl groups is 1. The van der Waals surface area contributed by atoms with Crippen molar-refractivity contribution in [1.82, 2.24) is 4.90 Å². The molecule has 0 amide bonds. The molecular formula is C17H33NO2. The molecular weight excluding hydrogens is 250 g/mol. The van der Waals surface area contributed by atoms with Gasteiger partial charge in [0.2, 0.25) is 0 Å². The topological polar surface area (TPSA) is 32.7 Å². The summed E-state index contributed by atoms with van der Waals surface area (Å²) in [6.45, 7) is 6.59. The van der Waals surface area contributed by atoms with E-state index in [2.05, 4.69) is 11.8 Å². The van der Waals surface area contributed by atoms with E-state index in [4.69, 9.17) is 4.74 Å². The number of aliphatic hydroxyl groups excluding tert-OH is 1. The SMILES string of the molecule is CCCCOCC(O)CN1CCC2(CCCCC2)CC1. The lowest BCUT2D eigenvalue weighted by atomic mass is 9.68. The fraction of sp³-hybridized carbons (Fsp3) is 1.00. The monoisotopic (exact) mass is 283 g/mol. The van der Waals surface area contributed by atoms with Gasteiger partial charge in [0, 0.05) is 13.2 Å². The van der Waals surface area contributed by atoms with Crippen LogP contribution < -0.4 is 0 Å². The Morgan fingerprint density at radius 1 is 1.10 bits per heavy atom. The van der Waals surface area contributed by atoms with E-state index in [1.54, 1.807) is 0 Å². The number of nitrogens with zero attached hydrogens (tertiary/aromatic N) is 1. The molecule has 118 valence electrons. The van der Waals surface area contributed by atoms with Gasteiger partial charge in [-0.3, -0.25) is 0 Å². The normalized spacial score (nSPS) is 24.9. The second kappa shape index (κ2) is 8.35. The molecule has 0 bridgehead atoms. The van der Waals surface area contributed by atoms with Crippen LogP contribution in [0.25, 0.3) is 0 Å². The fourth-order valence-electron chi connectivity index (χ4n) is 3.83. The van der Waals surface area contributed by atoms with Crippen LogP contribution in [-0.4, -0.2) is 49.0 Å². The average molecular weight is 283 g/mol. The number of rotatable bonds is 7. The Morgan fingerprint density at radius 2 is 1.80 bits per heavy atom. The zero-order valence-corrected chi connectivity index (χ0v) is 13.3. The number of likely N-dealkylation sites (tertiary alicyclic amines) is 1. The van der Waals surface area contributed by atoms with Gasteiger partial charge in [-0.25, -0.2) is 0 Å². The molecule has 1 aliphatic heterocycles. The van der Waals surface area contributed by atoms with E-state index in [0.717, 1.165) is 26.0 Å². The number of β-amino-alcohol motifs (C(OH)–C–C–N with tert-alkyl or cyclic N) is 1. The van der Waals surface area contributed by atoms with Crippen molar-refractivity contribution in [1.29, 1.82) is 0 Å². The zero-order chi connectivity index (χ0) is 14.3. The van der Waals surface area contributed by atoms with Gasteiger partial charge in [-0.2, -0.15) is 0 Å². The van der Waals surface area contributed by atoms with Gasteiger partial charge in [0.1, 0.15) is 0 Å². The molecule has 1 spiro atoms. The minimum Gasteiger partial charge on any atom is -0.389 e. The third-order valence-electron chi connectivity index (χ3n) is 5.25. The van der Waals surface area contributed by atoms with Crippen molar-refractivity contribution in [2.75, 3.05) is 32.8 Å². The first-order valence-electron chi connectivity index (χ1n) is 8.72. The number of unbranched alkanes of at least 4 members (excludes halogenated alkanes) is 1. The van der Waals surface area contributed by atoms with Crippen LogP contribution in [0.5, 0.6) is 0 Å². The largest absolute Gasteiger partial charge is 0.389 e. The van der Waals surface area contributed by atoms with Crippen molar-refractivity contribution in [3.63, 3.8) is 0 Å². The van der Waals surface area contributed by atoms with E-state index in [1.165, 1.54) is 58.0 Å². The Labute approximate surface area is 124 Å². The molecule has 2 rings (SSSR count). The van der Waals surface area contributed by atoms with Crippen LogP contribution in [0.1, 0.15) is 64.7 Å². The van der Waals surface area contributed by atoms with Gasteiger partial charge in [-0.05, 0) is 50.6 Å². The van der Waals surface area contributed by atoms with Crippen molar-refractivity contribution in [3.05, 3.63) is 0 Å². The first kappa shape index (κ1) is 16.3. The number of piperidine rings is 1. The van der Waals surface area contributed by atoms with E-state index in [9.17, 15) is 5.11 Å². The van der Waals surface area contributed by atoms with Gasteiger partial charge in [-0.1, -0.05) is 32.6 Å². The lowest BCUT2D eigenvalue weighted by Gasteiger charge is -2.44. The molecule has 0 radical (unpaired) electrons. The number of hydrogen-bond acceptors (Lipinski definition) is 3. The Morgan fingerprint density at radius 3 is 2.45 bits per heavy atom. The van der Waals surface area contributed by atoms with Crippen molar-refractivity contribution < 1.29 is 9.84 Å². The summed E-state index contributed by atoms with van der Waals surface area (Å²) in [5, 5.41) is 10.0. The van der Waals surface area contributed by atoms with Crippen LogP contribution >= 0.6 is 0 Å². The molecule has 2 fully saturated rings. The first-order valence-corrected chi connectivity index (χ1v) is 8.72. The molecule has 1 N–H and O–H groups in total. The molecule has 1 saturated carbocycles. The van der Waals surface area contributed by atoms with Crippen molar-refractivity contribution >= 4 is 0 Å². The molecule has 1 heterocycles. The molecule has 3 nitrogen and oxygen atoms in total. The van der Waals surface area contributed by atoms with E-state index >= 15 is 0 Å². The molecule has 0 aromatic rings.